The van der Waals surface area contributed by atoms with Crippen molar-refractivity contribution in [1.82, 2.24) is 14.9 Å². The van der Waals surface area contributed by atoms with Gasteiger partial charge in [-0.15, -0.1) is 0 Å². The summed E-state index contributed by atoms with van der Waals surface area (Å²) in [5, 5.41) is 5.35. The summed E-state index contributed by atoms with van der Waals surface area (Å²) in [7, 11) is 1.50. The number of likely N-dealkylation sites (N-methyl/N-ethyl adjacent to an activating group) is 1. The Kier molecular flexibility index (Phi) is 7.28. The van der Waals surface area contributed by atoms with E-state index in [4.69, 9.17) is 5.73 Å². The molecule has 10 heteroatoms. The first kappa shape index (κ1) is 25.5. The van der Waals surface area contributed by atoms with Crippen LogP contribution >= 0.6 is 0 Å². The average molecular weight is 506 g/mol. The largest absolute Gasteiger partial charge is 0.385 e. The lowest BCUT2D eigenvalue weighted by Crippen LogP contribution is -2.27. The maximum Gasteiger partial charge on any atom is 0.228 e. The van der Waals surface area contributed by atoms with Crippen molar-refractivity contribution in [2.24, 2.45) is 0 Å². The molecular formula is C27H25F2N5O3. The van der Waals surface area contributed by atoms with Gasteiger partial charge in [0, 0.05) is 36.5 Å². The third-order valence-corrected chi connectivity index (χ3v) is 5.94. The molecule has 0 atom stereocenters. The van der Waals surface area contributed by atoms with Crippen molar-refractivity contribution >= 4 is 34.4 Å². The smallest absolute Gasteiger partial charge is 0.228 e. The second-order valence-corrected chi connectivity index (χ2v) is 8.43. The van der Waals surface area contributed by atoms with E-state index in [0.29, 0.717) is 28.8 Å². The Bertz CT molecular complexity index is 1550. The second kappa shape index (κ2) is 10.6. The van der Waals surface area contributed by atoms with Crippen molar-refractivity contribution < 1.29 is 18.4 Å². The number of rotatable bonds is 7. The first-order chi connectivity index (χ1) is 17.7. The molecule has 0 radical (unpaired) electrons. The van der Waals surface area contributed by atoms with Crippen LogP contribution < -0.4 is 21.8 Å². The van der Waals surface area contributed by atoms with Gasteiger partial charge < -0.3 is 20.9 Å². The van der Waals surface area contributed by atoms with Crippen molar-refractivity contribution in [3.05, 3.63) is 87.6 Å². The summed E-state index contributed by atoms with van der Waals surface area (Å²) in [6.45, 7) is 2.32. The Hall–Kier alpha value is -4.60. The fraction of sp³-hybridized carbons (Fsp3) is 0.185. The molecule has 0 unspecified atom stereocenters. The number of pyridine rings is 2. The van der Waals surface area contributed by atoms with Crippen LogP contribution in [0.15, 0.2) is 59.4 Å². The Balaban J connectivity index is 1.59. The van der Waals surface area contributed by atoms with E-state index in [9.17, 15) is 23.2 Å². The van der Waals surface area contributed by atoms with Crippen molar-refractivity contribution in [1.29, 1.82) is 0 Å². The number of fused-ring (bicyclic) bond motifs is 1. The highest BCUT2D eigenvalue weighted by Crippen LogP contribution is 2.24. The first-order valence-corrected chi connectivity index (χ1v) is 11.6. The number of nitrogens with zero attached hydrogens (tertiary/aromatic N) is 2. The number of hydrogen-bond donors (Lipinski definition) is 3. The van der Waals surface area contributed by atoms with Crippen molar-refractivity contribution in [2.75, 3.05) is 18.1 Å². The fourth-order valence-corrected chi connectivity index (χ4v) is 4.10. The second-order valence-electron chi connectivity index (χ2n) is 8.43. The number of aryl methyl sites for hydroxylation is 1. The van der Waals surface area contributed by atoms with E-state index in [1.165, 1.54) is 7.05 Å². The van der Waals surface area contributed by atoms with Gasteiger partial charge >= 0.3 is 0 Å². The number of benzene rings is 2. The third-order valence-electron chi connectivity index (χ3n) is 5.94. The molecule has 0 spiro atoms. The molecular weight excluding hydrogens is 480 g/mol. The number of amides is 2. The number of nitrogens with two attached hydrogens (primary N) is 1. The molecule has 0 fully saturated rings. The van der Waals surface area contributed by atoms with Crippen LogP contribution in [0.4, 0.5) is 20.3 Å². The standard InChI is InChI=1S/C27H25F2N5O3/c1-3-34-26(30)21(14-23(35)31-2)25(37)20-8-9-22(33-27(20)34)16-6-4-15(5-7-16)10-24(36)32-19-12-17(28)11-18(29)13-19/h4-9,11-13H,3,10,14,30H2,1-2H3,(H,31,35)(H,32,36). The summed E-state index contributed by atoms with van der Waals surface area (Å²) in [5.74, 6) is -2.09. The molecule has 8 nitrogen and oxygen atoms in total. The average Bonchev–Trinajstić information content (AvgIpc) is 2.86. The van der Waals surface area contributed by atoms with Gasteiger partial charge in [0.1, 0.15) is 23.1 Å². The van der Waals surface area contributed by atoms with Gasteiger partial charge in [-0.2, -0.15) is 0 Å². The molecule has 0 aliphatic heterocycles. The number of aromatic nitrogens is 2. The SMILES string of the molecule is CCn1c(N)c(CC(=O)NC)c(=O)c2ccc(-c3ccc(CC(=O)Nc4cc(F)cc(F)c4)cc3)nc21. The number of nitrogen functional groups attached to an aromatic ring is 1. The number of halogens is 2. The molecule has 4 N–H and O–H groups in total. The summed E-state index contributed by atoms with van der Waals surface area (Å²) in [6.07, 6.45) is -0.119. The maximum atomic E-state index is 13.3. The van der Waals surface area contributed by atoms with Crippen LogP contribution in [0.3, 0.4) is 0 Å². The van der Waals surface area contributed by atoms with Gasteiger partial charge in [-0.1, -0.05) is 24.3 Å². The maximum absolute atomic E-state index is 13.3. The minimum Gasteiger partial charge on any atom is -0.385 e. The Morgan fingerprint density at radius 3 is 2.27 bits per heavy atom. The van der Waals surface area contributed by atoms with E-state index >= 15 is 0 Å². The normalized spacial score (nSPS) is 10.9. The van der Waals surface area contributed by atoms with E-state index in [1.54, 1.807) is 41.0 Å². The van der Waals surface area contributed by atoms with Gasteiger partial charge in [-0.05, 0) is 36.8 Å². The molecule has 4 aromatic rings. The molecule has 190 valence electrons. The van der Waals surface area contributed by atoms with Gasteiger partial charge in [-0.3, -0.25) is 14.4 Å². The molecule has 4 rings (SSSR count). The molecule has 0 aliphatic rings. The quantitative estimate of drug-likeness (QED) is 0.356. The van der Waals surface area contributed by atoms with Crippen LogP contribution in [-0.2, 0) is 29.0 Å². The topological polar surface area (TPSA) is 119 Å². The van der Waals surface area contributed by atoms with Gasteiger partial charge in [0.2, 0.25) is 11.8 Å². The number of carbonyl (C=O) groups is 2. The van der Waals surface area contributed by atoms with E-state index in [1.807, 2.05) is 6.92 Å². The summed E-state index contributed by atoms with van der Waals surface area (Å²) < 4.78 is 28.4. The molecule has 2 heterocycles. The Morgan fingerprint density at radius 2 is 1.65 bits per heavy atom. The zero-order chi connectivity index (χ0) is 26.7. The highest BCUT2D eigenvalue weighted by atomic mass is 19.1. The minimum absolute atomic E-state index is 0.00356. The lowest BCUT2D eigenvalue weighted by atomic mass is 10.0. The summed E-state index contributed by atoms with van der Waals surface area (Å²) >= 11 is 0. The van der Waals surface area contributed by atoms with Crippen molar-refractivity contribution in [3.63, 3.8) is 0 Å². The molecule has 0 bridgehead atoms. The first-order valence-electron chi connectivity index (χ1n) is 11.6. The van der Waals surface area contributed by atoms with E-state index in [0.717, 1.165) is 23.8 Å². The Morgan fingerprint density at radius 1 is 0.973 bits per heavy atom. The highest BCUT2D eigenvalue weighted by molar-refractivity contribution is 5.92. The molecule has 37 heavy (non-hydrogen) atoms. The molecule has 2 amide bonds. The lowest BCUT2D eigenvalue weighted by molar-refractivity contribution is -0.120. The fourth-order valence-electron chi connectivity index (χ4n) is 4.10. The van der Waals surface area contributed by atoms with Gasteiger partial charge in [0.15, 0.2) is 5.43 Å². The molecule has 2 aromatic carbocycles. The highest BCUT2D eigenvalue weighted by Gasteiger charge is 2.18. The number of carbonyl (C=O) groups excluding carboxylic acids is 2. The monoisotopic (exact) mass is 505 g/mol. The summed E-state index contributed by atoms with van der Waals surface area (Å²) in [6, 6.07) is 13.3. The van der Waals surface area contributed by atoms with Crippen LogP contribution in [0.25, 0.3) is 22.3 Å². The molecule has 0 aliphatic carbocycles. The minimum atomic E-state index is -0.777. The van der Waals surface area contributed by atoms with Gasteiger partial charge in [0.25, 0.3) is 0 Å². The van der Waals surface area contributed by atoms with Crippen LogP contribution in [0, 0.1) is 11.6 Å². The predicted octanol–water partition coefficient (Wildman–Crippen LogP) is 3.41. The van der Waals surface area contributed by atoms with Gasteiger partial charge in [0.05, 0.1) is 23.9 Å². The van der Waals surface area contributed by atoms with Crippen LogP contribution in [0.2, 0.25) is 0 Å². The lowest BCUT2D eigenvalue weighted by Gasteiger charge is -2.16. The van der Waals surface area contributed by atoms with E-state index in [-0.39, 0.29) is 41.2 Å². The molecule has 2 aromatic heterocycles. The predicted molar refractivity (Wildman–Crippen MR) is 138 cm³/mol. The van der Waals surface area contributed by atoms with Crippen LogP contribution in [0.1, 0.15) is 18.1 Å². The molecule has 0 saturated carbocycles. The zero-order valence-electron chi connectivity index (χ0n) is 20.3. The molecule has 0 saturated heterocycles. The zero-order valence-corrected chi connectivity index (χ0v) is 20.3. The number of anilines is 2. The van der Waals surface area contributed by atoms with Crippen molar-refractivity contribution in [2.45, 2.75) is 26.3 Å². The van der Waals surface area contributed by atoms with Crippen LogP contribution in [-0.4, -0.2) is 28.4 Å². The number of hydrogen-bond acceptors (Lipinski definition) is 5. The van der Waals surface area contributed by atoms with E-state index in [2.05, 4.69) is 15.6 Å². The van der Waals surface area contributed by atoms with E-state index < -0.39 is 17.5 Å². The van der Waals surface area contributed by atoms with Crippen LogP contribution in [0.5, 0.6) is 0 Å². The summed E-state index contributed by atoms with van der Waals surface area (Å²) in [4.78, 5) is 41.9. The Labute approximate surface area is 211 Å². The van der Waals surface area contributed by atoms with Gasteiger partial charge in [-0.25, -0.2) is 13.8 Å². The summed E-state index contributed by atoms with van der Waals surface area (Å²) in [5.41, 5.74) is 8.64. The third kappa shape index (κ3) is 5.48. The number of nitrogens with one attached hydrogen (secondary N) is 2. The van der Waals surface area contributed by atoms with Crippen molar-refractivity contribution in [3.8, 4) is 11.3 Å².